The van der Waals surface area contributed by atoms with Gasteiger partial charge in [-0.25, -0.2) is 0 Å². The number of hydrogen-bond donors (Lipinski definition) is 1. The van der Waals surface area contributed by atoms with Crippen LogP contribution in [0.4, 0.5) is 0 Å². The Kier molecular flexibility index (Phi) is 4.19. The Morgan fingerprint density at radius 1 is 1.67 bits per heavy atom. The van der Waals surface area contributed by atoms with E-state index in [0.717, 1.165) is 25.2 Å². The maximum atomic E-state index is 12.0. The average Bonchev–Trinajstić information content (AvgIpc) is 2.97. The van der Waals surface area contributed by atoms with Crippen molar-refractivity contribution < 1.29 is 4.79 Å². The molecule has 2 rings (SSSR count). The molecule has 6 heteroatoms. The highest BCUT2D eigenvalue weighted by Crippen LogP contribution is 2.08. The lowest BCUT2D eigenvalue weighted by Crippen LogP contribution is -2.39. The zero-order valence-electron chi connectivity index (χ0n) is 10.8. The van der Waals surface area contributed by atoms with E-state index in [1.54, 1.807) is 4.57 Å². The van der Waals surface area contributed by atoms with Gasteiger partial charge in [0.2, 0.25) is 5.91 Å². The standard InChI is InChI=1S/C12H19N3O2S/c1-9-8-18-12(17)15(9)6-4-11(16)14(2)10-3-5-13-7-10/h8,10,13H,3-7H2,1-2H3. The van der Waals surface area contributed by atoms with Crippen molar-refractivity contribution in [3.8, 4) is 0 Å². The summed E-state index contributed by atoms with van der Waals surface area (Å²) in [5, 5.41) is 5.08. The monoisotopic (exact) mass is 269 g/mol. The maximum Gasteiger partial charge on any atom is 0.307 e. The van der Waals surface area contributed by atoms with Crippen LogP contribution in [0.5, 0.6) is 0 Å². The van der Waals surface area contributed by atoms with Gasteiger partial charge in [-0.2, -0.15) is 0 Å². The summed E-state index contributed by atoms with van der Waals surface area (Å²) in [5.74, 6) is 0.112. The molecule has 1 aromatic rings. The molecule has 18 heavy (non-hydrogen) atoms. The normalized spacial score (nSPS) is 19.1. The van der Waals surface area contributed by atoms with E-state index >= 15 is 0 Å². The molecule has 1 unspecified atom stereocenters. The Morgan fingerprint density at radius 2 is 2.44 bits per heavy atom. The van der Waals surface area contributed by atoms with E-state index in [2.05, 4.69) is 5.32 Å². The van der Waals surface area contributed by atoms with Gasteiger partial charge in [0.1, 0.15) is 0 Å². The first-order valence-corrected chi connectivity index (χ1v) is 7.09. The second-order valence-electron chi connectivity index (χ2n) is 4.70. The Morgan fingerprint density at radius 3 is 3.00 bits per heavy atom. The van der Waals surface area contributed by atoms with Crippen LogP contribution in [0.25, 0.3) is 0 Å². The predicted molar refractivity (Wildman–Crippen MR) is 72.0 cm³/mol. The maximum absolute atomic E-state index is 12.0. The molecular formula is C12H19N3O2S. The molecule has 1 saturated heterocycles. The molecule has 0 radical (unpaired) electrons. The summed E-state index contributed by atoms with van der Waals surface area (Å²) in [4.78, 5) is 25.4. The fraction of sp³-hybridized carbons (Fsp3) is 0.667. The Balaban J connectivity index is 1.90. The van der Waals surface area contributed by atoms with Crippen LogP contribution in [0, 0.1) is 6.92 Å². The summed E-state index contributed by atoms with van der Waals surface area (Å²) in [5.41, 5.74) is 0.933. The SMILES string of the molecule is Cc1csc(=O)n1CCC(=O)N(C)C1CCNC1. The topological polar surface area (TPSA) is 54.3 Å². The van der Waals surface area contributed by atoms with Crippen LogP contribution in [0.2, 0.25) is 0 Å². The number of thiazole rings is 1. The molecule has 1 amide bonds. The highest BCUT2D eigenvalue weighted by Gasteiger charge is 2.22. The number of nitrogens with one attached hydrogen (secondary N) is 1. The quantitative estimate of drug-likeness (QED) is 0.862. The summed E-state index contributed by atoms with van der Waals surface area (Å²) in [6.45, 7) is 4.23. The second-order valence-corrected chi connectivity index (χ2v) is 5.52. The van der Waals surface area contributed by atoms with Crippen molar-refractivity contribution in [3.05, 3.63) is 20.7 Å². The summed E-state index contributed by atoms with van der Waals surface area (Å²) in [6.07, 6.45) is 1.41. The minimum Gasteiger partial charge on any atom is -0.341 e. The number of nitrogens with zero attached hydrogens (tertiary/aromatic N) is 2. The number of carbonyl (C=O) groups is 1. The van der Waals surface area contributed by atoms with Gasteiger partial charge in [0.15, 0.2) is 0 Å². The number of amides is 1. The number of carbonyl (C=O) groups excluding carboxylic acids is 1. The molecule has 0 saturated carbocycles. The zero-order valence-corrected chi connectivity index (χ0v) is 11.6. The first-order valence-electron chi connectivity index (χ1n) is 6.21. The second kappa shape index (κ2) is 5.67. The lowest BCUT2D eigenvalue weighted by atomic mass is 10.2. The van der Waals surface area contributed by atoms with Gasteiger partial charge in [-0.05, 0) is 19.9 Å². The van der Waals surface area contributed by atoms with Gasteiger partial charge in [-0.3, -0.25) is 9.59 Å². The van der Waals surface area contributed by atoms with E-state index in [1.165, 1.54) is 11.3 Å². The summed E-state index contributed by atoms with van der Waals surface area (Å²) in [6, 6.07) is 0.304. The Labute approximate surface area is 110 Å². The van der Waals surface area contributed by atoms with Crippen LogP contribution in [0.1, 0.15) is 18.5 Å². The van der Waals surface area contributed by atoms with Crippen molar-refractivity contribution in [3.63, 3.8) is 0 Å². The van der Waals surface area contributed by atoms with Gasteiger partial charge in [0, 0.05) is 43.7 Å². The Bertz CT molecular complexity index is 474. The van der Waals surface area contributed by atoms with Gasteiger partial charge in [-0.1, -0.05) is 11.3 Å². The smallest absolute Gasteiger partial charge is 0.307 e. The molecule has 1 fully saturated rings. The number of aromatic nitrogens is 1. The molecule has 5 nitrogen and oxygen atoms in total. The van der Waals surface area contributed by atoms with Gasteiger partial charge < -0.3 is 14.8 Å². The van der Waals surface area contributed by atoms with E-state index in [0.29, 0.717) is 19.0 Å². The van der Waals surface area contributed by atoms with Crippen LogP contribution in [0.3, 0.4) is 0 Å². The van der Waals surface area contributed by atoms with Crippen LogP contribution < -0.4 is 10.2 Å². The Hall–Kier alpha value is -1.14. The molecule has 1 atom stereocenters. The highest BCUT2D eigenvalue weighted by atomic mass is 32.1. The third-order valence-corrected chi connectivity index (χ3v) is 4.38. The molecule has 100 valence electrons. The molecule has 0 aliphatic carbocycles. The van der Waals surface area contributed by atoms with Crippen molar-refractivity contribution in [1.29, 1.82) is 0 Å². The fourth-order valence-electron chi connectivity index (χ4n) is 2.23. The van der Waals surface area contributed by atoms with Crippen LogP contribution >= 0.6 is 11.3 Å². The molecule has 1 aromatic heterocycles. The number of rotatable bonds is 4. The van der Waals surface area contributed by atoms with Gasteiger partial charge in [0.25, 0.3) is 0 Å². The lowest BCUT2D eigenvalue weighted by Gasteiger charge is -2.23. The van der Waals surface area contributed by atoms with Crippen LogP contribution in [-0.4, -0.2) is 41.6 Å². The van der Waals surface area contributed by atoms with E-state index in [-0.39, 0.29) is 10.8 Å². The third-order valence-electron chi connectivity index (χ3n) is 3.50. The van der Waals surface area contributed by atoms with Gasteiger partial charge >= 0.3 is 4.87 Å². The highest BCUT2D eigenvalue weighted by molar-refractivity contribution is 7.07. The first kappa shape index (κ1) is 13.3. The first-order chi connectivity index (χ1) is 8.59. The van der Waals surface area contributed by atoms with Gasteiger partial charge in [0.05, 0.1) is 0 Å². The number of hydrogen-bond acceptors (Lipinski definition) is 4. The van der Waals surface area contributed by atoms with E-state index in [1.807, 2.05) is 24.3 Å². The average molecular weight is 269 g/mol. The largest absolute Gasteiger partial charge is 0.341 e. The van der Waals surface area contributed by atoms with E-state index < -0.39 is 0 Å². The van der Waals surface area contributed by atoms with Crippen LogP contribution in [-0.2, 0) is 11.3 Å². The summed E-state index contributed by atoms with van der Waals surface area (Å²) < 4.78 is 1.67. The molecule has 2 heterocycles. The minimum atomic E-state index is 0.0190. The molecule has 1 aliphatic heterocycles. The van der Waals surface area contributed by atoms with Crippen LogP contribution in [0.15, 0.2) is 10.2 Å². The predicted octanol–water partition coefficient (Wildman–Crippen LogP) is 0.429. The minimum absolute atomic E-state index is 0.0190. The molecular weight excluding hydrogens is 250 g/mol. The zero-order chi connectivity index (χ0) is 13.1. The molecule has 1 aliphatic rings. The third kappa shape index (κ3) is 2.81. The number of likely N-dealkylation sites (N-methyl/N-ethyl adjacent to an activating group) is 1. The van der Waals surface area contributed by atoms with E-state index in [4.69, 9.17) is 0 Å². The van der Waals surface area contributed by atoms with Crippen molar-refractivity contribution in [1.82, 2.24) is 14.8 Å². The van der Waals surface area contributed by atoms with Crippen molar-refractivity contribution >= 4 is 17.2 Å². The molecule has 0 spiro atoms. The summed E-state index contributed by atoms with van der Waals surface area (Å²) >= 11 is 1.19. The number of aryl methyl sites for hydroxylation is 1. The van der Waals surface area contributed by atoms with Crippen molar-refractivity contribution in [2.45, 2.75) is 32.4 Å². The summed E-state index contributed by atoms with van der Waals surface area (Å²) in [7, 11) is 1.85. The molecule has 0 aromatic carbocycles. The molecule has 0 bridgehead atoms. The van der Waals surface area contributed by atoms with Crippen molar-refractivity contribution in [2.24, 2.45) is 0 Å². The van der Waals surface area contributed by atoms with Crippen molar-refractivity contribution in [2.75, 3.05) is 20.1 Å². The molecule has 1 N–H and O–H groups in total. The van der Waals surface area contributed by atoms with E-state index in [9.17, 15) is 9.59 Å². The van der Waals surface area contributed by atoms with Gasteiger partial charge in [-0.15, -0.1) is 0 Å². The lowest BCUT2D eigenvalue weighted by molar-refractivity contribution is -0.131. The fourth-order valence-corrected chi connectivity index (χ4v) is 2.99.